The Morgan fingerprint density at radius 3 is 2.62 bits per heavy atom. The van der Waals surface area contributed by atoms with Gasteiger partial charge in [-0.3, -0.25) is 4.68 Å². The number of nitrogens with zero attached hydrogens (tertiary/aromatic N) is 3. The number of hydrogen-bond donors (Lipinski definition) is 1. The summed E-state index contributed by atoms with van der Waals surface area (Å²) in [5, 5.41) is 7.79. The van der Waals surface area contributed by atoms with Crippen molar-refractivity contribution >= 4 is 0 Å². The molecule has 1 aromatic carbocycles. The first-order valence-corrected chi connectivity index (χ1v) is 5.01. The van der Waals surface area contributed by atoms with E-state index >= 15 is 0 Å². The van der Waals surface area contributed by atoms with Gasteiger partial charge in [-0.05, 0) is 17.7 Å². The third-order valence-electron chi connectivity index (χ3n) is 2.38. The number of halogens is 1. The van der Waals surface area contributed by atoms with Crippen molar-refractivity contribution in [2.75, 3.05) is 0 Å². The van der Waals surface area contributed by atoms with Crippen LogP contribution in [-0.4, -0.2) is 15.0 Å². The molecule has 0 fully saturated rings. The summed E-state index contributed by atoms with van der Waals surface area (Å²) in [5.74, 6) is -0.254. The van der Waals surface area contributed by atoms with Gasteiger partial charge in [0.15, 0.2) is 0 Å². The molecule has 2 N–H and O–H groups in total. The van der Waals surface area contributed by atoms with E-state index in [2.05, 4.69) is 10.3 Å². The molecule has 0 amide bonds. The molecule has 84 valence electrons. The lowest BCUT2D eigenvalue weighted by molar-refractivity contribution is 0.624. The molecule has 0 saturated carbocycles. The van der Waals surface area contributed by atoms with Gasteiger partial charge in [-0.2, -0.15) is 0 Å². The van der Waals surface area contributed by atoms with E-state index in [0.29, 0.717) is 6.42 Å². The second-order valence-electron chi connectivity index (χ2n) is 3.75. The van der Waals surface area contributed by atoms with Crippen molar-refractivity contribution in [3.8, 4) is 0 Å². The summed E-state index contributed by atoms with van der Waals surface area (Å²) in [5.41, 5.74) is 7.71. The van der Waals surface area contributed by atoms with Crippen molar-refractivity contribution in [2.24, 2.45) is 12.8 Å². The van der Waals surface area contributed by atoms with Crippen LogP contribution in [0.3, 0.4) is 0 Å². The molecule has 5 heteroatoms. The van der Waals surface area contributed by atoms with Crippen LogP contribution in [-0.2, 0) is 13.5 Å². The molecule has 0 spiro atoms. The highest BCUT2D eigenvalue weighted by molar-refractivity contribution is 5.20. The summed E-state index contributed by atoms with van der Waals surface area (Å²) >= 11 is 0. The maximum absolute atomic E-state index is 12.7. The van der Waals surface area contributed by atoms with Gasteiger partial charge in [-0.1, -0.05) is 17.3 Å². The second kappa shape index (κ2) is 4.40. The van der Waals surface area contributed by atoms with E-state index < -0.39 is 0 Å². The van der Waals surface area contributed by atoms with Crippen LogP contribution in [0.5, 0.6) is 0 Å². The molecule has 16 heavy (non-hydrogen) atoms. The Kier molecular flexibility index (Phi) is 2.96. The lowest BCUT2D eigenvalue weighted by Gasteiger charge is -2.09. The van der Waals surface area contributed by atoms with Crippen molar-refractivity contribution < 1.29 is 4.39 Å². The van der Waals surface area contributed by atoms with Gasteiger partial charge in [0.1, 0.15) is 5.82 Å². The number of benzene rings is 1. The van der Waals surface area contributed by atoms with Crippen molar-refractivity contribution in [1.82, 2.24) is 15.0 Å². The van der Waals surface area contributed by atoms with Crippen LogP contribution in [0, 0.1) is 5.82 Å². The second-order valence-corrected chi connectivity index (χ2v) is 3.75. The monoisotopic (exact) mass is 220 g/mol. The van der Waals surface area contributed by atoms with Crippen LogP contribution in [0.4, 0.5) is 4.39 Å². The maximum Gasteiger partial charge on any atom is 0.123 e. The zero-order valence-corrected chi connectivity index (χ0v) is 8.97. The zero-order chi connectivity index (χ0) is 11.5. The van der Waals surface area contributed by atoms with Gasteiger partial charge in [-0.25, -0.2) is 4.39 Å². The SMILES string of the molecule is Cn1cc(CC(N)c2ccc(F)cc2)nn1. The molecule has 1 unspecified atom stereocenters. The molecular formula is C11H13FN4. The van der Waals surface area contributed by atoms with Crippen LogP contribution in [0.25, 0.3) is 0 Å². The molecule has 1 aromatic heterocycles. The molecule has 0 radical (unpaired) electrons. The van der Waals surface area contributed by atoms with E-state index in [1.165, 1.54) is 12.1 Å². The van der Waals surface area contributed by atoms with E-state index in [9.17, 15) is 4.39 Å². The molecule has 0 aliphatic carbocycles. The average Bonchev–Trinajstić information content (AvgIpc) is 2.65. The third kappa shape index (κ3) is 2.43. The summed E-state index contributed by atoms with van der Waals surface area (Å²) in [6.07, 6.45) is 2.42. The van der Waals surface area contributed by atoms with Crippen LogP contribution in [0.15, 0.2) is 30.5 Å². The molecule has 1 heterocycles. The number of nitrogens with two attached hydrogens (primary N) is 1. The Labute approximate surface area is 92.9 Å². The predicted molar refractivity (Wildman–Crippen MR) is 58.0 cm³/mol. The molecular weight excluding hydrogens is 207 g/mol. The quantitative estimate of drug-likeness (QED) is 0.845. The summed E-state index contributed by atoms with van der Waals surface area (Å²) < 4.78 is 14.3. The molecule has 4 nitrogen and oxygen atoms in total. The average molecular weight is 220 g/mol. The standard InChI is InChI=1S/C11H13FN4/c1-16-7-10(14-15-16)6-11(13)8-2-4-9(12)5-3-8/h2-5,7,11H,6,13H2,1H3. The smallest absolute Gasteiger partial charge is 0.123 e. The molecule has 2 aromatic rings. The molecule has 0 saturated heterocycles. The van der Waals surface area contributed by atoms with Gasteiger partial charge in [0.25, 0.3) is 0 Å². The van der Waals surface area contributed by atoms with Gasteiger partial charge in [0.05, 0.1) is 5.69 Å². The van der Waals surface area contributed by atoms with E-state index in [4.69, 9.17) is 5.73 Å². The Morgan fingerprint density at radius 2 is 2.06 bits per heavy atom. The largest absolute Gasteiger partial charge is 0.324 e. The van der Waals surface area contributed by atoms with Crippen LogP contribution in [0.1, 0.15) is 17.3 Å². The highest BCUT2D eigenvalue weighted by atomic mass is 19.1. The van der Waals surface area contributed by atoms with Crippen molar-refractivity contribution in [1.29, 1.82) is 0 Å². The topological polar surface area (TPSA) is 56.7 Å². The third-order valence-corrected chi connectivity index (χ3v) is 2.38. The summed E-state index contributed by atoms with van der Waals surface area (Å²) in [4.78, 5) is 0. The Bertz CT molecular complexity index is 463. The number of aryl methyl sites for hydroxylation is 1. The number of hydrogen-bond acceptors (Lipinski definition) is 3. The predicted octanol–water partition coefficient (Wildman–Crippen LogP) is 1.20. The van der Waals surface area contributed by atoms with Gasteiger partial charge in [0.2, 0.25) is 0 Å². The minimum Gasteiger partial charge on any atom is -0.324 e. The molecule has 0 bridgehead atoms. The number of rotatable bonds is 3. The summed E-state index contributed by atoms with van der Waals surface area (Å²) in [6, 6.07) is 6.02. The molecule has 0 aliphatic heterocycles. The first-order valence-electron chi connectivity index (χ1n) is 5.01. The summed E-state index contributed by atoms with van der Waals surface area (Å²) in [6.45, 7) is 0. The van der Waals surface area contributed by atoms with Gasteiger partial charge >= 0.3 is 0 Å². The Balaban J connectivity index is 2.08. The van der Waals surface area contributed by atoms with Gasteiger partial charge in [-0.15, -0.1) is 5.10 Å². The Morgan fingerprint density at radius 1 is 1.38 bits per heavy atom. The summed E-state index contributed by atoms with van der Waals surface area (Å²) in [7, 11) is 1.81. The molecule has 2 rings (SSSR count). The van der Waals surface area contributed by atoms with Crippen LogP contribution < -0.4 is 5.73 Å². The first kappa shape index (κ1) is 10.8. The normalized spacial score (nSPS) is 12.7. The highest BCUT2D eigenvalue weighted by Gasteiger charge is 2.09. The van der Waals surface area contributed by atoms with Crippen LogP contribution in [0.2, 0.25) is 0 Å². The van der Waals surface area contributed by atoms with E-state index in [0.717, 1.165) is 11.3 Å². The van der Waals surface area contributed by atoms with Crippen molar-refractivity contribution in [3.05, 3.63) is 47.5 Å². The fourth-order valence-corrected chi connectivity index (χ4v) is 1.54. The van der Waals surface area contributed by atoms with E-state index in [1.807, 2.05) is 6.20 Å². The van der Waals surface area contributed by atoms with Crippen molar-refractivity contribution in [3.63, 3.8) is 0 Å². The van der Waals surface area contributed by atoms with Crippen LogP contribution >= 0.6 is 0 Å². The minimum atomic E-state index is -0.254. The van der Waals surface area contributed by atoms with E-state index in [1.54, 1.807) is 23.9 Å². The number of aromatic nitrogens is 3. The highest BCUT2D eigenvalue weighted by Crippen LogP contribution is 2.14. The van der Waals surface area contributed by atoms with Gasteiger partial charge < -0.3 is 5.73 Å². The first-order chi connectivity index (χ1) is 7.65. The lowest BCUT2D eigenvalue weighted by atomic mass is 10.0. The van der Waals surface area contributed by atoms with E-state index in [-0.39, 0.29) is 11.9 Å². The lowest BCUT2D eigenvalue weighted by Crippen LogP contribution is -2.13. The maximum atomic E-state index is 12.7. The minimum absolute atomic E-state index is 0.183. The fourth-order valence-electron chi connectivity index (χ4n) is 1.54. The van der Waals surface area contributed by atoms with Crippen molar-refractivity contribution in [2.45, 2.75) is 12.5 Å². The Hall–Kier alpha value is -1.75. The molecule has 1 atom stereocenters. The van der Waals surface area contributed by atoms with Gasteiger partial charge in [0, 0.05) is 25.7 Å². The fraction of sp³-hybridized carbons (Fsp3) is 0.273. The zero-order valence-electron chi connectivity index (χ0n) is 8.97. The molecule has 0 aliphatic rings.